The van der Waals surface area contributed by atoms with Gasteiger partial charge in [-0.3, -0.25) is 19.1 Å². The lowest BCUT2D eigenvalue weighted by Gasteiger charge is -2.20. The lowest BCUT2D eigenvalue weighted by Crippen LogP contribution is -2.40. The Hall–Kier alpha value is -4.74. The number of alkyl carbamates (subject to hydrolysis) is 1. The molecule has 0 aliphatic rings. The van der Waals surface area contributed by atoms with Crippen LogP contribution in [0.4, 0.5) is 4.79 Å². The molecule has 0 atom stereocenters. The van der Waals surface area contributed by atoms with Gasteiger partial charge in [-0.05, 0) is 45.0 Å². The number of aldehydes is 1. The number of nitrogens with one attached hydrogen (secondary N) is 1. The fourth-order valence-electron chi connectivity index (χ4n) is 4.56. The molecule has 0 saturated heterocycles. The van der Waals surface area contributed by atoms with Crippen molar-refractivity contribution in [2.45, 2.75) is 32.9 Å². The van der Waals surface area contributed by atoms with Gasteiger partial charge in [0, 0.05) is 47.2 Å². The summed E-state index contributed by atoms with van der Waals surface area (Å²) in [5, 5.41) is 7.64. The predicted octanol–water partition coefficient (Wildman–Crippen LogP) is 5.98. The molecule has 0 bridgehead atoms. The Morgan fingerprint density at radius 2 is 1.80 bits per heavy atom. The highest BCUT2D eigenvalue weighted by Crippen LogP contribution is 2.41. The van der Waals surface area contributed by atoms with Crippen LogP contribution >= 0.6 is 23.2 Å². The number of rotatable bonds is 7. The fourth-order valence-corrected chi connectivity index (χ4v) is 5.21. The summed E-state index contributed by atoms with van der Waals surface area (Å²) in [6.45, 7) is 5.54. The van der Waals surface area contributed by atoms with Gasteiger partial charge in [0.15, 0.2) is 12.1 Å². The molecule has 0 radical (unpaired) electrons. The molecule has 13 heteroatoms. The second kappa shape index (κ2) is 12.1. The normalized spacial score (nSPS) is 11.4. The molecule has 1 amide bonds. The standard InChI is InChI=1S/C31H28Cl2N6O5/c1-31(2,3)36-30(42)44-16-17-9-10-22(35-28(17)43-5)21-8-6-7-19(25(21)32)20-11-12-34-27(26(20)33)18-13-23-29(41)38(4)24(15-40)37-39(23)14-18/h6-15H,16H2,1-5H3,(H,36,42). The van der Waals surface area contributed by atoms with E-state index >= 15 is 0 Å². The Morgan fingerprint density at radius 1 is 1.07 bits per heavy atom. The molecule has 0 saturated carbocycles. The number of hydrogen-bond donors (Lipinski definition) is 1. The molecule has 5 rings (SSSR count). The molecule has 0 aliphatic carbocycles. The van der Waals surface area contributed by atoms with Crippen molar-refractivity contribution in [3.05, 3.63) is 86.6 Å². The number of carbonyl (C=O) groups excluding carboxylic acids is 2. The molecule has 0 spiro atoms. The summed E-state index contributed by atoms with van der Waals surface area (Å²) in [4.78, 5) is 45.3. The number of hydrogen-bond acceptors (Lipinski definition) is 8. The maximum atomic E-state index is 12.8. The Kier molecular flexibility index (Phi) is 8.44. The summed E-state index contributed by atoms with van der Waals surface area (Å²) in [7, 11) is 2.96. The molecule has 226 valence electrons. The number of amides is 1. The Balaban J connectivity index is 1.49. The Labute approximate surface area is 262 Å². The van der Waals surface area contributed by atoms with Crippen molar-refractivity contribution in [2.75, 3.05) is 7.11 Å². The number of benzene rings is 1. The van der Waals surface area contributed by atoms with Gasteiger partial charge in [-0.15, -0.1) is 5.10 Å². The van der Waals surface area contributed by atoms with E-state index in [4.69, 9.17) is 32.7 Å². The Bertz CT molecular complexity index is 1980. The third kappa shape index (κ3) is 6.01. The molecule has 1 aromatic carbocycles. The van der Waals surface area contributed by atoms with Crippen LogP contribution in [0.25, 0.3) is 39.2 Å². The van der Waals surface area contributed by atoms with Gasteiger partial charge in [-0.25, -0.2) is 14.3 Å². The number of methoxy groups -OCH3 is 1. The van der Waals surface area contributed by atoms with E-state index in [1.807, 2.05) is 39.0 Å². The van der Waals surface area contributed by atoms with E-state index in [2.05, 4.69) is 20.4 Å². The van der Waals surface area contributed by atoms with Crippen LogP contribution in [0.15, 0.2) is 59.7 Å². The SMILES string of the molecule is COc1nc(-c2cccc(-c3ccnc(-c4cc5c(=O)n(C)c(C=O)nn5c4)c3Cl)c2Cl)ccc1COC(=O)NC(C)(C)C. The highest BCUT2D eigenvalue weighted by Gasteiger charge is 2.20. The average molecular weight is 636 g/mol. The van der Waals surface area contributed by atoms with Gasteiger partial charge in [-0.1, -0.05) is 41.4 Å². The fraction of sp³-hybridized carbons (Fsp3) is 0.226. The zero-order valence-corrected chi connectivity index (χ0v) is 26.0. The lowest BCUT2D eigenvalue weighted by atomic mass is 10.00. The molecule has 1 N–H and O–H groups in total. The number of pyridine rings is 2. The monoisotopic (exact) mass is 634 g/mol. The third-order valence-electron chi connectivity index (χ3n) is 6.68. The van der Waals surface area contributed by atoms with Gasteiger partial charge in [0.1, 0.15) is 12.1 Å². The quantitative estimate of drug-likeness (QED) is 0.217. The summed E-state index contributed by atoms with van der Waals surface area (Å²) in [5.74, 6) is 0.271. The minimum Gasteiger partial charge on any atom is -0.481 e. The van der Waals surface area contributed by atoms with E-state index in [0.717, 1.165) is 0 Å². The second-order valence-electron chi connectivity index (χ2n) is 10.9. The largest absolute Gasteiger partial charge is 0.481 e. The third-order valence-corrected chi connectivity index (χ3v) is 7.47. The van der Waals surface area contributed by atoms with Crippen LogP contribution in [0.3, 0.4) is 0 Å². The first-order valence-electron chi connectivity index (χ1n) is 13.4. The van der Waals surface area contributed by atoms with Crippen LogP contribution in [0.2, 0.25) is 10.0 Å². The number of carbonyl (C=O) groups is 2. The van der Waals surface area contributed by atoms with Crippen molar-refractivity contribution in [1.29, 1.82) is 0 Å². The first-order valence-corrected chi connectivity index (χ1v) is 14.1. The van der Waals surface area contributed by atoms with Crippen molar-refractivity contribution in [3.8, 4) is 39.5 Å². The van der Waals surface area contributed by atoms with E-state index in [0.29, 0.717) is 55.5 Å². The molecule has 11 nitrogen and oxygen atoms in total. The maximum Gasteiger partial charge on any atom is 0.407 e. The summed E-state index contributed by atoms with van der Waals surface area (Å²) in [6, 6.07) is 12.4. The van der Waals surface area contributed by atoms with Gasteiger partial charge in [0.25, 0.3) is 5.56 Å². The van der Waals surface area contributed by atoms with Gasteiger partial charge < -0.3 is 14.8 Å². The van der Waals surface area contributed by atoms with Crippen LogP contribution < -0.4 is 15.6 Å². The number of ether oxygens (including phenoxy) is 2. The van der Waals surface area contributed by atoms with Crippen LogP contribution in [-0.2, 0) is 18.4 Å². The van der Waals surface area contributed by atoms with Crippen molar-refractivity contribution in [2.24, 2.45) is 7.05 Å². The van der Waals surface area contributed by atoms with Gasteiger partial charge in [0.05, 0.1) is 34.1 Å². The molecular weight excluding hydrogens is 607 g/mol. The van der Waals surface area contributed by atoms with Crippen molar-refractivity contribution in [3.63, 3.8) is 0 Å². The summed E-state index contributed by atoms with van der Waals surface area (Å²) < 4.78 is 13.3. The van der Waals surface area contributed by atoms with Crippen LogP contribution in [0, 0.1) is 0 Å². The zero-order chi connectivity index (χ0) is 31.8. The number of fused-ring (bicyclic) bond motifs is 1. The van der Waals surface area contributed by atoms with Crippen LogP contribution in [0.1, 0.15) is 37.0 Å². The van der Waals surface area contributed by atoms with Crippen molar-refractivity contribution in [1.82, 2.24) is 29.5 Å². The summed E-state index contributed by atoms with van der Waals surface area (Å²) in [6.07, 6.45) is 3.15. The maximum absolute atomic E-state index is 12.8. The average Bonchev–Trinajstić information content (AvgIpc) is 3.41. The van der Waals surface area contributed by atoms with E-state index in [1.54, 1.807) is 36.7 Å². The molecule has 0 unspecified atom stereocenters. The summed E-state index contributed by atoms with van der Waals surface area (Å²) >= 11 is 13.9. The first-order chi connectivity index (χ1) is 20.9. The molecule has 4 aromatic heterocycles. The minimum atomic E-state index is -0.550. The molecule has 5 aromatic rings. The van der Waals surface area contributed by atoms with E-state index < -0.39 is 11.6 Å². The number of halogens is 2. The first kappa shape index (κ1) is 30.7. The van der Waals surface area contributed by atoms with E-state index in [9.17, 15) is 14.4 Å². The Morgan fingerprint density at radius 3 is 2.50 bits per heavy atom. The molecule has 0 fully saturated rings. The predicted molar refractivity (Wildman–Crippen MR) is 167 cm³/mol. The lowest BCUT2D eigenvalue weighted by molar-refractivity contribution is 0.110. The second-order valence-corrected chi connectivity index (χ2v) is 11.7. The van der Waals surface area contributed by atoms with Crippen LogP contribution in [-0.4, -0.2) is 49.2 Å². The van der Waals surface area contributed by atoms with Crippen LogP contribution in [0.5, 0.6) is 5.88 Å². The van der Waals surface area contributed by atoms with Gasteiger partial charge in [0.2, 0.25) is 5.88 Å². The highest BCUT2D eigenvalue weighted by molar-refractivity contribution is 6.39. The topological polar surface area (TPSA) is 130 Å². The smallest absolute Gasteiger partial charge is 0.407 e. The van der Waals surface area contributed by atoms with E-state index in [-0.39, 0.29) is 29.4 Å². The number of nitrogens with zero attached hydrogens (tertiary/aromatic N) is 5. The van der Waals surface area contributed by atoms with Gasteiger partial charge in [-0.2, -0.15) is 0 Å². The zero-order valence-electron chi connectivity index (χ0n) is 24.5. The highest BCUT2D eigenvalue weighted by atomic mass is 35.5. The number of aromatic nitrogens is 5. The van der Waals surface area contributed by atoms with E-state index in [1.165, 1.54) is 23.2 Å². The summed E-state index contributed by atoms with van der Waals surface area (Å²) in [5.41, 5.74) is 3.37. The van der Waals surface area contributed by atoms with Gasteiger partial charge >= 0.3 is 6.09 Å². The minimum absolute atomic E-state index is 0.0158. The van der Waals surface area contributed by atoms with Crippen molar-refractivity contribution >= 4 is 41.1 Å². The molecule has 0 aliphatic heterocycles. The van der Waals surface area contributed by atoms with Crippen molar-refractivity contribution < 1.29 is 19.1 Å². The molecular formula is C31H28Cl2N6O5. The molecule has 4 heterocycles. The molecule has 44 heavy (non-hydrogen) atoms.